The maximum absolute atomic E-state index is 10.9. The number of rotatable bonds is 3. The first-order valence-electron chi connectivity index (χ1n) is 4.13. The Morgan fingerprint density at radius 1 is 1.53 bits per heavy atom. The second kappa shape index (κ2) is 5.50. The average molecular weight is 272 g/mol. The van der Waals surface area contributed by atoms with Crippen molar-refractivity contribution in [3.05, 3.63) is 28.5 Å². The van der Waals surface area contributed by atoms with Crippen LogP contribution in [-0.4, -0.2) is 25.2 Å². The number of ether oxygens (including phenoxy) is 2. The number of methoxy groups -OCH3 is 2. The zero-order chi connectivity index (χ0) is 11.3. The highest BCUT2D eigenvalue weighted by atomic mass is 79.9. The molecule has 4 nitrogen and oxygen atoms in total. The normalized spacial score (nSPS) is 10.3. The molecule has 0 aliphatic heterocycles. The van der Waals surface area contributed by atoms with Gasteiger partial charge in [0.05, 0.1) is 14.2 Å². The lowest BCUT2D eigenvalue weighted by Crippen LogP contribution is -1.95. The second-order valence-corrected chi connectivity index (χ2v) is 3.51. The van der Waals surface area contributed by atoms with Gasteiger partial charge in [-0.3, -0.25) is 4.98 Å². The lowest BCUT2D eigenvalue weighted by atomic mass is 10.3. The maximum atomic E-state index is 10.9. The van der Waals surface area contributed by atoms with E-state index in [0.717, 1.165) is 4.47 Å². The Bertz CT molecular complexity index is 390. The van der Waals surface area contributed by atoms with Crippen LogP contribution in [0, 0.1) is 0 Å². The number of halogens is 1. The predicted octanol–water partition coefficient (Wildman–Crippen LogP) is 2.04. The summed E-state index contributed by atoms with van der Waals surface area (Å²) in [5, 5.41) is 0. The van der Waals surface area contributed by atoms with Crippen LogP contribution in [0.25, 0.3) is 6.08 Å². The summed E-state index contributed by atoms with van der Waals surface area (Å²) in [6, 6.07) is 1.77. The van der Waals surface area contributed by atoms with Crippen LogP contribution in [-0.2, 0) is 9.53 Å². The van der Waals surface area contributed by atoms with E-state index in [1.54, 1.807) is 19.4 Å². The fraction of sp³-hybridized carbons (Fsp3) is 0.200. The van der Waals surface area contributed by atoms with E-state index in [0.29, 0.717) is 11.4 Å². The Morgan fingerprint density at radius 2 is 2.27 bits per heavy atom. The van der Waals surface area contributed by atoms with Crippen LogP contribution in [0.2, 0.25) is 0 Å². The van der Waals surface area contributed by atoms with Crippen molar-refractivity contribution in [2.45, 2.75) is 0 Å². The quantitative estimate of drug-likeness (QED) is 0.624. The van der Waals surface area contributed by atoms with Gasteiger partial charge in [-0.25, -0.2) is 4.79 Å². The van der Waals surface area contributed by atoms with Gasteiger partial charge in [-0.1, -0.05) is 0 Å². The molecular formula is C10H10BrNO3. The summed E-state index contributed by atoms with van der Waals surface area (Å²) in [6.45, 7) is 0. The first-order valence-corrected chi connectivity index (χ1v) is 4.92. The summed E-state index contributed by atoms with van der Waals surface area (Å²) in [4.78, 5) is 15.0. The van der Waals surface area contributed by atoms with Crippen molar-refractivity contribution in [1.82, 2.24) is 4.98 Å². The Labute approximate surface area is 96.0 Å². The minimum atomic E-state index is -0.429. The molecule has 0 saturated heterocycles. The van der Waals surface area contributed by atoms with Crippen LogP contribution < -0.4 is 4.74 Å². The molecule has 15 heavy (non-hydrogen) atoms. The van der Waals surface area contributed by atoms with E-state index in [1.807, 2.05) is 0 Å². The van der Waals surface area contributed by atoms with E-state index in [1.165, 1.54) is 19.3 Å². The van der Waals surface area contributed by atoms with Gasteiger partial charge in [0.25, 0.3) is 0 Å². The molecule has 80 valence electrons. The van der Waals surface area contributed by atoms with Gasteiger partial charge in [0.15, 0.2) is 0 Å². The molecular weight excluding hydrogens is 262 g/mol. The predicted molar refractivity (Wildman–Crippen MR) is 59.5 cm³/mol. The molecule has 1 heterocycles. The smallest absolute Gasteiger partial charge is 0.330 e. The zero-order valence-corrected chi connectivity index (χ0v) is 9.95. The highest BCUT2D eigenvalue weighted by molar-refractivity contribution is 9.10. The van der Waals surface area contributed by atoms with Crippen LogP contribution in [0.5, 0.6) is 5.75 Å². The maximum Gasteiger partial charge on any atom is 0.330 e. The molecule has 0 spiro atoms. The van der Waals surface area contributed by atoms with Gasteiger partial charge in [0.1, 0.15) is 11.4 Å². The van der Waals surface area contributed by atoms with Crippen molar-refractivity contribution >= 4 is 28.0 Å². The van der Waals surface area contributed by atoms with E-state index in [-0.39, 0.29) is 0 Å². The van der Waals surface area contributed by atoms with Gasteiger partial charge < -0.3 is 9.47 Å². The SMILES string of the molecule is COC(=O)/C=C/c1ncc(Br)cc1OC. The fourth-order valence-corrected chi connectivity index (χ4v) is 1.25. The van der Waals surface area contributed by atoms with Gasteiger partial charge in [-0.05, 0) is 28.1 Å². The summed E-state index contributed by atoms with van der Waals surface area (Å²) in [5.74, 6) is 0.159. The summed E-state index contributed by atoms with van der Waals surface area (Å²) >= 11 is 3.27. The topological polar surface area (TPSA) is 48.4 Å². The Kier molecular flexibility index (Phi) is 4.30. The molecule has 0 unspecified atom stereocenters. The lowest BCUT2D eigenvalue weighted by Gasteiger charge is -2.03. The first-order chi connectivity index (χ1) is 7.17. The third kappa shape index (κ3) is 3.36. The third-order valence-electron chi connectivity index (χ3n) is 1.65. The van der Waals surface area contributed by atoms with Gasteiger partial charge >= 0.3 is 5.97 Å². The van der Waals surface area contributed by atoms with Gasteiger partial charge in [0, 0.05) is 16.7 Å². The molecule has 0 N–H and O–H groups in total. The zero-order valence-electron chi connectivity index (χ0n) is 8.36. The molecule has 5 heteroatoms. The van der Waals surface area contributed by atoms with E-state index in [2.05, 4.69) is 25.7 Å². The molecule has 0 aliphatic rings. The van der Waals surface area contributed by atoms with E-state index >= 15 is 0 Å². The van der Waals surface area contributed by atoms with Crippen molar-refractivity contribution in [2.24, 2.45) is 0 Å². The third-order valence-corrected chi connectivity index (χ3v) is 2.08. The molecule has 0 saturated carbocycles. The Hall–Kier alpha value is -1.36. The molecule has 0 amide bonds. The number of hydrogen-bond donors (Lipinski definition) is 0. The minimum Gasteiger partial charge on any atom is -0.494 e. The van der Waals surface area contributed by atoms with Crippen LogP contribution in [0.3, 0.4) is 0 Å². The molecule has 1 aromatic rings. The number of esters is 1. The highest BCUT2D eigenvalue weighted by Gasteiger charge is 2.02. The van der Waals surface area contributed by atoms with Gasteiger partial charge in [-0.2, -0.15) is 0 Å². The van der Waals surface area contributed by atoms with Crippen molar-refractivity contribution in [3.63, 3.8) is 0 Å². The second-order valence-electron chi connectivity index (χ2n) is 2.60. The molecule has 0 fully saturated rings. The molecule has 0 aromatic carbocycles. The molecule has 1 aromatic heterocycles. The van der Waals surface area contributed by atoms with Crippen LogP contribution in [0.4, 0.5) is 0 Å². The minimum absolute atomic E-state index is 0.429. The molecule has 0 atom stereocenters. The summed E-state index contributed by atoms with van der Waals surface area (Å²) in [7, 11) is 2.86. The van der Waals surface area contributed by atoms with E-state index < -0.39 is 5.97 Å². The molecule has 0 bridgehead atoms. The monoisotopic (exact) mass is 271 g/mol. The molecule has 0 radical (unpaired) electrons. The number of carbonyl (C=O) groups is 1. The van der Waals surface area contributed by atoms with E-state index in [9.17, 15) is 4.79 Å². The summed E-state index contributed by atoms with van der Waals surface area (Å²) in [6.07, 6.45) is 4.45. The van der Waals surface area contributed by atoms with Crippen LogP contribution in [0.1, 0.15) is 5.69 Å². The highest BCUT2D eigenvalue weighted by Crippen LogP contribution is 2.21. The van der Waals surface area contributed by atoms with Crippen LogP contribution >= 0.6 is 15.9 Å². The number of hydrogen-bond acceptors (Lipinski definition) is 4. The first kappa shape index (κ1) is 11.7. The number of carbonyl (C=O) groups excluding carboxylic acids is 1. The lowest BCUT2D eigenvalue weighted by molar-refractivity contribution is -0.134. The van der Waals surface area contributed by atoms with Crippen molar-refractivity contribution in [2.75, 3.05) is 14.2 Å². The Morgan fingerprint density at radius 3 is 2.87 bits per heavy atom. The standard InChI is InChI=1S/C10H10BrNO3/c1-14-9-5-7(11)6-12-8(9)3-4-10(13)15-2/h3-6H,1-2H3/b4-3+. The number of nitrogens with zero attached hydrogens (tertiary/aromatic N) is 1. The Balaban J connectivity index is 2.94. The number of aromatic nitrogens is 1. The van der Waals surface area contributed by atoms with Gasteiger partial charge in [0.2, 0.25) is 0 Å². The van der Waals surface area contributed by atoms with E-state index in [4.69, 9.17) is 4.74 Å². The van der Waals surface area contributed by atoms with Crippen molar-refractivity contribution in [3.8, 4) is 5.75 Å². The molecule has 0 aliphatic carbocycles. The number of pyridine rings is 1. The average Bonchev–Trinajstić information content (AvgIpc) is 2.26. The summed E-state index contributed by atoms with van der Waals surface area (Å²) in [5.41, 5.74) is 0.575. The van der Waals surface area contributed by atoms with Crippen molar-refractivity contribution < 1.29 is 14.3 Å². The largest absolute Gasteiger partial charge is 0.494 e. The van der Waals surface area contributed by atoms with Crippen LogP contribution in [0.15, 0.2) is 22.8 Å². The fourth-order valence-electron chi connectivity index (χ4n) is 0.935. The summed E-state index contributed by atoms with van der Waals surface area (Å²) < 4.78 is 10.4. The molecule has 1 rings (SSSR count). The van der Waals surface area contributed by atoms with Crippen molar-refractivity contribution in [1.29, 1.82) is 0 Å². The van der Waals surface area contributed by atoms with Gasteiger partial charge in [-0.15, -0.1) is 0 Å².